The third-order valence-electron chi connectivity index (χ3n) is 1.74. The summed E-state index contributed by atoms with van der Waals surface area (Å²) in [6.45, 7) is 0.798. The Morgan fingerprint density at radius 1 is 1.69 bits per heavy atom. The Morgan fingerprint density at radius 2 is 2.46 bits per heavy atom. The number of carboxylic acid groups (broad SMARTS) is 1. The summed E-state index contributed by atoms with van der Waals surface area (Å²) in [6, 6.07) is 1.07. The van der Waals surface area contributed by atoms with Crippen molar-refractivity contribution in [2.45, 2.75) is 6.54 Å². The highest BCUT2D eigenvalue weighted by atomic mass is 16.5. The lowest BCUT2D eigenvalue weighted by atomic mass is 10.4. The van der Waals surface area contributed by atoms with Crippen molar-refractivity contribution in [2.24, 2.45) is 0 Å². The maximum atomic E-state index is 11.2. The molecule has 13 heavy (non-hydrogen) atoms. The zero-order valence-corrected chi connectivity index (χ0v) is 6.56. The Labute approximate surface area is 72.4 Å². The number of ether oxygens (including phenoxy) is 1. The zero-order chi connectivity index (χ0) is 9.42. The van der Waals surface area contributed by atoms with Crippen molar-refractivity contribution in [3.8, 4) is 6.01 Å². The van der Waals surface area contributed by atoms with E-state index >= 15 is 0 Å². The molecule has 0 aromatic carbocycles. The molecule has 0 spiro atoms. The Morgan fingerprint density at radius 3 is 3.15 bits per heavy atom. The molecule has 6 nitrogen and oxygen atoms in total. The fraction of sp³-hybridized carbons (Fsp3) is 0.286. The Hall–Kier alpha value is -1.85. The zero-order valence-electron chi connectivity index (χ0n) is 6.56. The van der Waals surface area contributed by atoms with Gasteiger partial charge in [-0.1, -0.05) is 0 Å². The Kier molecular flexibility index (Phi) is 1.54. The van der Waals surface area contributed by atoms with Crippen molar-refractivity contribution >= 4 is 5.97 Å². The van der Waals surface area contributed by atoms with Crippen LogP contribution in [0.4, 0.5) is 0 Å². The van der Waals surface area contributed by atoms with Crippen LogP contribution in [0, 0.1) is 0 Å². The van der Waals surface area contributed by atoms with E-state index in [0.717, 1.165) is 6.07 Å². The summed E-state index contributed by atoms with van der Waals surface area (Å²) >= 11 is 0. The molecular formula is C7H6N2O4. The lowest BCUT2D eigenvalue weighted by molar-refractivity contribution is 0.0689. The molecule has 1 N–H and O–H groups in total. The predicted molar refractivity (Wildman–Crippen MR) is 41.0 cm³/mol. The van der Waals surface area contributed by atoms with Gasteiger partial charge in [-0.2, -0.15) is 4.98 Å². The van der Waals surface area contributed by atoms with Gasteiger partial charge in [0.05, 0.1) is 6.54 Å². The molecule has 0 aliphatic carbocycles. The van der Waals surface area contributed by atoms with E-state index in [4.69, 9.17) is 9.84 Å². The second-order valence-corrected chi connectivity index (χ2v) is 2.57. The van der Waals surface area contributed by atoms with E-state index < -0.39 is 5.97 Å². The largest absolute Gasteiger partial charge is 0.477 e. The van der Waals surface area contributed by atoms with Gasteiger partial charge in [0.1, 0.15) is 6.61 Å². The summed E-state index contributed by atoms with van der Waals surface area (Å²) in [5.74, 6) is -1.23. The first kappa shape index (κ1) is 7.78. The van der Waals surface area contributed by atoms with Gasteiger partial charge < -0.3 is 9.84 Å². The van der Waals surface area contributed by atoms with Gasteiger partial charge >= 0.3 is 5.97 Å². The van der Waals surface area contributed by atoms with Crippen LogP contribution in [0.5, 0.6) is 6.01 Å². The monoisotopic (exact) mass is 182 g/mol. The van der Waals surface area contributed by atoms with Gasteiger partial charge in [0.15, 0.2) is 5.69 Å². The molecule has 0 radical (unpaired) electrons. The molecule has 0 atom stereocenters. The minimum atomic E-state index is -1.23. The molecule has 1 aromatic heterocycles. The van der Waals surface area contributed by atoms with Gasteiger partial charge in [-0.25, -0.2) is 4.79 Å². The molecule has 2 rings (SSSR count). The minimum Gasteiger partial charge on any atom is -0.477 e. The average Bonchev–Trinajstić information content (AvgIpc) is 2.51. The molecule has 0 unspecified atom stereocenters. The molecule has 2 heterocycles. The number of rotatable bonds is 1. The summed E-state index contributed by atoms with van der Waals surface area (Å²) in [5, 5.41) is 8.57. The standard InChI is InChI=1S/C7H6N2O4/c10-5-3-4(6(11)12)8-7-9(5)1-2-13-7/h3H,1-2H2,(H,11,12). The van der Waals surface area contributed by atoms with Crippen LogP contribution in [0.25, 0.3) is 0 Å². The molecule has 0 saturated carbocycles. The van der Waals surface area contributed by atoms with Crippen molar-refractivity contribution in [2.75, 3.05) is 6.61 Å². The summed E-state index contributed by atoms with van der Waals surface area (Å²) in [6.07, 6.45) is 0. The van der Waals surface area contributed by atoms with Gasteiger partial charge in [0.25, 0.3) is 11.6 Å². The predicted octanol–water partition coefficient (Wildman–Crippen LogP) is -0.666. The maximum absolute atomic E-state index is 11.2. The first-order chi connectivity index (χ1) is 6.18. The van der Waals surface area contributed by atoms with Gasteiger partial charge in [0, 0.05) is 6.07 Å². The first-order valence-corrected chi connectivity index (χ1v) is 3.66. The molecule has 0 fully saturated rings. The highest BCUT2D eigenvalue weighted by Gasteiger charge is 2.17. The average molecular weight is 182 g/mol. The van der Waals surface area contributed by atoms with Crippen molar-refractivity contribution in [3.63, 3.8) is 0 Å². The lowest BCUT2D eigenvalue weighted by Crippen LogP contribution is -2.20. The van der Waals surface area contributed by atoms with Gasteiger partial charge in [-0.05, 0) is 0 Å². The van der Waals surface area contributed by atoms with Gasteiger partial charge in [-0.3, -0.25) is 9.36 Å². The maximum Gasteiger partial charge on any atom is 0.354 e. The van der Waals surface area contributed by atoms with Crippen LogP contribution in [0.15, 0.2) is 10.9 Å². The number of aromatic carboxylic acids is 1. The number of aromatic nitrogens is 2. The van der Waals surface area contributed by atoms with Crippen molar-refractivity contribution < 1.29 is 14.6 Å². The molecule has 0 saturated heterocycles. The van der Waals surface area contributed by atoms with Crippen LogP contribution in [0.1, 0.15) is 10.5 Å². The van der Waals surface area contributed by atoms with E-state index in [1.165, 1.54) is 4.57 Å². The summed E-state index contributed by atoms with van der Waals surface area (Å²) in [7, 11) is 0. The third-order valence-corrected chi connectivity index (χ3v) is 1.74. The van der Waals surface area contributed by atoms with Crippen molar-refractivity contribution in [1.29, 1.82) is 0 Å². The van der Waals surface area contributed by atoms with Crippen molar-refractivity contribution in [1.82, 2.24) is 9.55 Å². The minimum absolute atomic E-state index is 0.0879. The second-order valence-electron chi connectivity index (χ2n) is 2.57. The number of hydrogen-bond donors (Lipinski definition) is 1. The molecule has 1 aliphatic rings. The van der Waals surface area contributed by atoms with Crippen LogP contribution in [0.3, 0.4) is 0 Å². The number of carboxylic acids is 1. The van der Waals surface area contributed by atoms with E-state index in [1.807, 2.05) is 0 Å². The summed E-state index contributed by atoms with van der Waals surface area (Å²) in [5.41, 5.74) is -0.668. The van der Waals surface area contributed by atoms with Crippen molar-refractivity contribution in [3.05, 3.63) is 22.1 Å². The quantitative estimate of drug-likeness (QED) is 0.623. The number of nitrogens with zero attached hydrogens (tertiary/aromatic N) is 2. The van der Waals surface area contributed by atoms with E-state index in [9.17, 15) is 9.59 Å². The number of fused-ring (bicyclic) bond motifs is 1. The number of hydrogen-bond acceptors (Lipinski definition) is 4. The molecular weight excluding hydrogens is 176 g/mol. The highest BCUT2D eigenvalue weighted by molar-refractivity contribution is 5.85. The van der Waals surface area contributed by atoms with Crippen LogP contribution < -0.4 is 10.3 Å². The van der Waals surface area contributed by atoms with Crippen LogP contribution in [-0.4, -0.2) is 27.2 Å². The Balaban J connectivity index is 2.62. The van der Waals surface area contributed by atoms with Crippen LogP contribution in [-0.2, 0) is 6.54 Å². The van der Waals surface area contributed by atoms with Crippen LogP contribution in [0.2, 0.25) is 0 Å². The molecule has 0 bridgehead atoms. The highest BCUT2D eigenvalue weighted by Crippen LogP contribution is 2.10. The SMILES string of the molecule is O=C(O)c1cc(=O)n2c(n1)OCC2. The van der Waals surface area contributed by atoms with Crippen LogP contribution >= 0.6 is 0 Å². The van der Waals surface area contributed by atoms with Gasteiger partial charge in [0.2, 0.25) is 0 Å². The smallest absolute Gasteiger partial charge is 0.354 e. The molecule has 0 amide bonds. The third kappa shape index (κ3) is 1.16. The fourth-order valence-electron chi connectivity index (χ4n) is 1.14. The van der Waals surface area contributed by atoms with E-state index in [1.54, 1.807) is 0 Å². The Bertz CT molecular complexity index is 423. The van der Waals surface area contributed by atoms with E-state index in [-0.39, 0.29) is 17.3 Å². The topological polar surface area (TPSA) is 81.4 Å². The first-order valence-electron chi connectivity index (χ1n) is 3.66. The molecule has 68 valence electrons. The summed E-state index contributed by atoms with van der Waals surface area (Å²) in [4.78, 5) is 25.4. The van der Waals surface area contributed by atoms with Gasteiger partial charge in [-0.15, -0.1) is 0 Å². The molecule has 1 aromatic rings. The molecule has 6 heteroatoms. The fourth-order valence-corrected chi connectivity index (χ4v) is 1.14. The lowest BCUT2D eigenvalue weighted by Gasteiger charge is -1.99. The second kappa shape index (κ2) is 2.58. The van der Waals surface area contributed by atoms with E-state index in [2.05, 4.69) is 4.98 Å². The molecule has 1 aliphatic heterocycles. The number of carbonyl (C=O) groups is 1. The normalized spacial score (nSPS) is 13.5. The summed E-state index contributed by atoms with van der Waals surface area (Å²) < 4.78 is 6.26. The van der Waals surface area contributed by atoms with E-state index in [0.29, 0.717) is 13.2 Å².